The van der Waals surface area contributed by atoms with Crippen molar-refractivity contribution in [2.24, 2.45) is 0 Å². The van der Waals surface area contributed by atoms with Crippen molar-refractivity contribution in [3.8, 4) is 5.75 Å². The number of rotatable bonds is 5. The number of fused-ring (bicyclic) bond motifs is 1. The summed E-state index contributed by atoms with van der Waals surface area (Å²) in [6, 6.07) is 9.95. The van der Waals surface area contributed by atoms with Crippen LogP contribution < -0.4 is 10.1 Å². The van der Waals surface area contributed by atoms with Crippen LogP contribution in [-0.4, -0.2) is 48.6 Å². The highest BCUT2D eigenvalue weighted by Crippen LogP contribution is 2.23. The fourth-order valence-electron chi connectivity index (χ4n) is 3.19. The lowest BCUT2D eigenvalue weighted by atomic mass is 10.0. The molecule has 2 aromatic rings. The molecule has 1 atom stereocenters. The quantitative estimate of drug-likeness (QED) is 0.858. The molecule has 0 radical (unpaired) electrons. The molecule has 0 spiro atoms. The van der Waals surface area contributed by atoms with Gasteiger partial charge in [0, 0.05) is 11.1 Å². The Labute approximate surface area is 143 Å². The van der Waals surface area contributed by atoms with E-state index in [1.165, 1.54) is 6.42 Å². The molecule has 3 rings (SSSR count). The van der Waals surface area contributed by atoms with Gasteiger partial charge in [-0.25, -0.2) is 4.98 Å². The maximum absolute atomic E-state index is 12.3. The molecule has 0 unspecified atom stereocenters. The average molecular weight is 327 g/mol. The summed E-state index contributed by atoms with van der Waals surface area (Å²) in [5.74, 6) is 0.868. The molecule has 1 amide bonds. The van der Waals surface area contributed by atoms with Crippen molar-refractivity contribution in [3.63, 3.8) is 0 Å². The summed E-state index contributed by atoms with van der Waals surface area (Å²) in [6.45, 7) is 3.91. The van der Waals surface area contributed by atoms with E-state index in [9.17, 15) is 4.79 Å². The third-order valence-corrected chi connectivity index (χ3v) is 4.55. The number of amides is 1. The van der Waals surface area contributed by atoms with E-state index in [-0.39, 0.29) is 11.9 Å². The van der Waals surface area contributed by atoms with Crippen molar-refractivity contribution in [3.05, 3.63) is 36.0 Å². The van der Waals surface area contributed by atoms with Gasteiger partial charge in [-0.05, 0) is 45.5 Å². The number of aromatic nitrogens is 1. The Morgan fingerprint density at radius 3 is 3.04 bits per heavy atom. The number of likely N-dealkylation sites (N-methyl/N-ethyl adjacent to an activating group) is 1. The molecule has 1 aliphatic heterocycles. The summed E-state index contributed by atoms with van der Waals surface area (Å²) >= 11 is 0. The van der Waals surface area contributed by atoms with Crippen molar-refractivity contribution < 1.29 is 9.53 Å². The molecule has 1 aliphatic rings. The summed E-state index contributed by atoms with van der Waals surface area (Å²) in [6.07, 6.45) is 3.24. The number of nitrogens with zero attached hydrogens (tertiary/aromatic N) is 2. The van der Waals surface area contributed by atoms with Gasteiger partial charge in [0.2, 0.25) is 5.91 Å². The number of carbonyl (C=O) groups is 1. The van der Waals surface area contributed by atoms with E-state index in [4.69, 9.17) is 4.74 Å². The largest absolute Gasteiger partial charge is 0.489 e. The normalized spacial score (nSPS) is 18.5. The number of piperidine rings is 1. The monoisotopic (exact) mass is 327 g/mol. The Balaban J connectivity index is 1.53. The highest BCUT2D eigenvalue weighted by molar-refractivity contribution is 5.84. The first-order valence-corrected chi connectivity index (χ1v) is 8.62. The van der Waals surface area contributed by atoms with Gasteiger partial charge in [0.25, 0.3) is 0 Å². The smallest absolute Gasteiger partial charge is 0.237 e. The van der Waals surface area contributed by atoms with Crippen molar-refractivity contribution in [2.45, 2.75) is 32.2 Å². The Kier molecular flexibility index (Phi) is 5.30. The van der Waals surface area contributed by atoms with Gasteiger partial charge in [-0.3, -0.25) is 9.69 Å². The number of nitrogens with one attached hydrogen (secondary N) is 1. The summed E-state index contributed by atoms with van der Waals surface area (Å²) < 4.78 is 5.85. The molecule has 1 aromatic heterocycles. The fraction of sp³-hybridized carbons (Fsp3) is 0.474. The molecule has 0 saturated carbocycles. The van der Waals surface area contributed by atoms with Crippen LogP contribution in [0.5, 0.6) is 5.75 Å². The van der Waals surface area contributed by atoms with Crippen molar-refractivity contribution >= 4 is 16.8 Å². The topological polar surface area (TPSA) is 54.5 Å². The van der Waals surface area contributed by atoms with Gasteiger partial charge in [0.15, 0.2) is 0 Å². The zero-order valence-corrected chi connectivity index (χ0v) is 14.4. The third-order valence-electron chi connectivity index (χ3n) is 4.55. The lowest BCUT2D eigenvalue weighted by Crippen LogP contribution is -2.48. The van der Waals surface area contributed by atoms with Crippen molar-refractivity contribution in [2.75, 3.05) is 26.7 Å². The molecule has 0 aliphatic carbocycles. The minimum Gasteiger partial charge on any atom is -0.489 e. The first-order chi connectivity index (χ1) is 11.6. The number of aryl methyl sites for hydroxylation is 1. The molecule has 1 saturated heterocycles. The van der Waals surface area contributed by atoms with Crippen LogP contribution in [0.3, 0.4) is 0 Å². The van der Waals surface area contributed by atoms with Crippen LogP contribution in [0.1, 0.15) is 25.0 Å². The number of carbonyl (C=O) groups excluding carboxylic acids is 1. The van der Waals surface area contributed by atoms with Gasteiger partial charge < -0.3 is 10.1 Å². The number of likely N-dealkylation sites (tertiary alicyclic amines) is 1. The summed E-state index contributed by atoms with van der Waals surface area (Å²) in [7, 11) is 2.02. The van der Waals surface area contributed by atoms with E-state index in [2.05, 4.69) is 15.2 Å². The number of hydrogen-bond acceptors (Lipinski definition) is 4. The van der Waals surface area contributed by atoms with E-state index in [0.29, 0.717) is 13.2 Å². The van der Waals surface area contributed by atoms with E-state index in [0.717, 1.165) is 41.7 Å². The SMILES string of the molecule is Cc1ccc2cccc(OCCNC(=O)[C@@H]3CCCCN3C)c2n1. The summed E-state index contributed by atoms with van der Waals surface area (Å²) in [5, 5.41) is 4.05. The molecule has 2 heterocycles. The lowest BCUT2D eigenvalue weighted by Gasteiger charge is -2.31. The number of para-hydroxylation sites is 1. The fourth-order valence-corrected chi connectivity index (χ4v) is 3.19. The number of pyridine rings is 1. The molecule has 0 bridgehead atoms. The molecule has 128 valence electrons. The molecule has 5 heteroatoms. The van der Waals surface area contributed by atoms with Gasteiger partial charge in [-0.1, -0.05) is 24.6 Å². The predicted molar refractivity (Wildman–Crippen MR) is 95.3 cm³/mol. The second-order valence-electron chi connectivity index (χ2n) is 6.41. The molecule has 1 aromatic carbocycles. The molecule has 1 fully saturated rings. The van der Waals surface area contributed by atoms with Crippen LogP contribution in [0.2, 0.25) is 0 Å². The first kappa shape index (κ1) is 16.7. The molecule has 24 heavy (non-hydrogen) atoms. The standard InChI is InChI=1S/C19H25N3O2/c1-14-9-10-15-6-5-8-17(18(15)21-14)24-13-11-20-19(23)16-7-3-4-12-22(16)2/h5-6,8-10,16H,3-4,7,11-13H2,1-2H3,(H,20,23)/t16-/m0/s1. The van der Waals surface area contributed by atoms with Gasteiger partial charge in [-0.2, -0.15) is 0 Å². The molecule has 5 nitrogen and oxygen atoms in total. The van der Waals surface area contributed by atoms with Gasteiger partial charge in [0.1, 0.15) is 17.9 Å². The van der Waals surface area contributed by atoms with Crippen LogP contribution in [0.15, 0.2) is 30.3 Å². The Morgan fingerprint density at radius 1 is 1.33 bits per heavy atom. The van der Waals surface area contributed by atoms with Crippen LogP contribution in [0, 0.1) is 6.92 Å². The summed E-state index contributed by atoms with van der Waals surface area (Å²) in [5.41, 5.74) is 1.84. The van der Waals surface area contributed by atoms with Gasteiger partial charge in [-0.15, -0.1) is 0 Å². The maximum Gasteiger partial charge on any atom is 0.237 e. The van der Waals surface area contributed by atoms with Gasteiger partial charge >= 0.3 is 0 Å². The van der Waals surface area contributed by atoms with Crippen molar-refractivity contribution in [1.29, 1.82) is 0 Å². The molecular weight excluding hydrogens is 302 g/mol. The zero-order valence-electron chi connectivity index (χ0n) is 14.4. The molecular formula is C19H25N3O2. The average Bonchev–Trinajstić information content (AvgIpc) is 2.59. The van der Waals surface area contributed by atoms with E-state index in [1.807, 2.05) is 44.3 Å². The van der Waals surface area contributed by atoms with Crippen molar-refractivity contribution in [1.82, 2.24) is 15.2 Å². The van der Waals surface area contributed by atoms with Crippen LogP contribution in [0.4, 0.5) is 0 Å². The van der Waals surface area contributed by atoms with E-state index < -0.39 is 0 Å². The van der Waals surface area contributed by atoms with Gasteiger partial charge in [0.05, 0.1) is 12.6 Å². The first-order valence-electron chi connectivity index (χ1n) is 8.62. The predicted octanol–water partition coefficient (Wildman–Crippen LogP) is 2.52. The van der Waals surface area contributed by atoms with Crippen LogP contribution in [-0.2, 0) is 4.79 Å². The number of benzene rings is 1. The number of hydrogen-bond donors (Lipinski definition) is 1. The van der Waals surface area contributed by atoms with E-state index in [1.54, 1.807) is 0 Å². The van der Waals surface area contributed by atoms with Crippen LogP contribution >= 0.6 is 0 Å². The van der Waals surface area contributed by atoms with Crippen LogP contribution in [0.25, 0.3) is 10.9 Å². The Hall–Kier alpha value is -2.14. The van der Waals surface area contributed by atoms with E-state index >= 15 is 0 Å². The third kappa shape index (κ3) is 3.85. The minimum absolute atomic E-state index is 0.000576. The maximum atomic E-state index is 12.3. The highest BCUT2D eigenvalue weighted by atomic mass is 16.5. The molecule has 1 N–H and O–H groups in total. The second kappa shape index (κ2) is 7.62. The zero-order chi connectivity index (χ0) is 16.9. The number of ether oxygens (including phenoxy) is 1. The Morgan fingerprint density at radius 2 is 2.21 bits per heavy atom. The Bertz CT molecular complexity index is 717. The second-order valence-corrected chi connectivity index (χ2v) is 6.41. The highest BCUT2D eigenvalue weighted by Gasteiger charge is 2.25. The lowest BCUT2D eigenvalue weighted by molar-refractivity contribution is -0.127. The minimum atomic E-state index is 0.000576. The summed E-state index contributed by atoms with van der Waals surface area (Å²) in [4.78, 5) is 18.9.